The van der Waals surface area contributed by atoms with E-state index < -0.39 is 6.10 Å². The van der Waals surface area contributed by atoms with Crippen molar-refractivity contribution in [2.45, 2.75) is 25.4 Å². The molecule has 0 rings (SSSR count). The van der Waals surface area contributed by atoms with Crippen molar-refractivity contribution in [1.82, 2.24) is 0 Å². The number of rotatable bonds is 5. The molecule has 0 saturated carbocycles. The first kappa shape index (κ1) is 8.30. The van der Waals surface area contributed by atoms with Crippen molar-refractivity contribution in [3.63, 3.8) is 0 Å². The average molecular weight is 128 g/mol. The maximum atomic E-state index is 8.93. The fourth-order valence-corrected chi connectivity index (χ4v) is 0.530. The van der Waals surface area contributed by atoms with Gasteiger partial charge in [-0.2, -0.15) is 0 Å². The van der Waals surface area contributed by atoms with Crippen molar-refractivity contribution < 1.29 is 5.11 Å². The minimum absolute atomic E-state index is 0.411. The van der Waals surface area contributed by atoms with Gasteiger partial charge in [0.1, 0.15) is 0 Å². The third-order valence-electron chi connectivity index (χ3n) is 1.03. The lowest BCUT2D eigenvalue weighted by molar-refractivity contribution is 0.176. The van der Waals surface area contributed by atoms with Crippen LogP contribution in [0.1, 0.15) is 19.3 Å². The molecule has 0 bridgehead atoms. The summed E-state index contributed by atoms with van der Waals surface area (Å²) >= 11 is 0. The summed E-state index contributed by atoms with van der Waals surface area (Å²) in [6.07, 6.45) is 3.65. The summed E-state index contributed by atoms with van der Waals surface area (Å²) in [5.41, 5.74) is 0. The summed E-state index contributed by atoms with van der Waals surface area (Å²) in [4.78, 5) is 0. The predicted molar refractivity (Wildman–Crippen MR) is 37.4 cm³/mol. The Morgan fingerprint density at radius 3 is 2.44 bits per heavy atom. The fourth-order valence-electron chi connectivity index (χ4n) is 0.530. The van der Waals surface area contributed by atoms with E-state index in [4.69, 9.17) is 15.9 Å². The zero-order valence-corrected chi connectivity index (χ0v) is 5.30. The van der Waals surface area contributed by atoms with E-state index in [2.05, 4.69) is 0 Å². The Hall–Kier alpha value is -0.700. The second-order valence-corrected chi connectivity index (χ2v) is 1.88. The minimum atomic E-state index is -0.427. The normalized spacial score (nSPS) is 12.6. The van der Waals surface area contributed by atoms with E-state index in [-0.39, 0.29) is 0 Å². The Bertz CT molecular complexity index is 93.1. The SMILES string of the molecule is N=CCCC(O)CC=N. The molecule has 0 radical (unpaired) electrons. The first-order valence-corrected chi connectivity index (χ1v) is 2.97. The smallest absolute Gasteiger partial charge is 0.0592 e. The molecule has 0 aromatic heterocycles. The Balaban J connectivity index is 3.14. The molecule has 3 heteroatoms. The molecule has 0 aromatic rings. The molecule has 9 heavy (non-hydrogen) atoms. The van der Waals surface area contributed by atoms with Gasteiger partial charge in [-0.15, -0.1) is 0 Å². The molecular weight excluding hydrogens is 116 g/mol. The Kier molecular flexibility index (Phi) is 5.01. The van der Waals surface area contributed by atoms with Crippen LogP contribution >= 0.6 is 0 Å². The van der Waals surface area contributed by atoms with Crippen molar-refractivity contribution in [2.75, 3.05) is 0 Å². The molecular formula is C6H12N2O. The van der Waals surface area contributed by atoms with E-state index in [1.165, 1.54) is 12.4 Å². The summed E-state index contributed by atoms with van der Waals surface area (Å²) in [5, 5.41) is 22.2. The topological polar surface area (TPSA) is 67.9 Å². The lowest BCUT2D eigenvalue weighted by Gasteiger charge is -2.02. The van der Waals surface area contributed by atoms with Crippen LogP contribution in [0.25, 0.3) is 0 Å². The Labute approximate surface area is 54.7 Å². The standard InChI is InChI=1S/C6H12N2O/c7-4-1-2-6(9)3-5-8/h4-9H,1-3H2. The number of hydrogen-bond donors (Lipinski definition) is 3. The van der Waals surface area contributed by atoms with Crippen molar-refractivity contribution >= 4 is 12.4 Å². The number of aliphatic hydroxyl groups is 1. The van der Waals surface area contributed by atoms with E-state index >= 15 is 0 Å². The molecule has 0 aromatic carbocycles. The number of nitrogens with one attached hydrogen (secondary N) is 2. The summed E-state index contributed by atoms with van der Waals surface area (Å²) in [6, 6.07) is 0. The summed E-state index contributed by atoms with van der Waals surface area (Å²) in [6.45, 7) is 0. The molecule has 0 aliphatic carbocycles. The Morgan fingerprint density at radius 2 is 2.00 bits per heavy atom. The molecule has 0 amide bonds. The molecule has 0 saturated heterocycles. The Morgan fingerprint density at radius 1 is 1.33 bits per heavy atom. The average Bonchev–Trinajstić information content (AvgIpc) is 1.85. The molecule has 1 atom stereocenters. The molecule has 3 N–H and O–H groups in total. The highest BCUT2D eigenvalue weighted by atomic mass is 16.3. The molecule has 0 fully saturated rings. The minimum Gasteiger partial charge on any atom is -0.393 e. The first-order chi connectivity index (χ1) is 4.31. The van der Waals surface area contributed by atoms with Gasteiger partial charge < -0.3 is 15.9 Å². The second kappa shape index (κ2) is 5.44. The maximum absolute atomic E-state index is 8.93. The van der Waals surface area contributed by atoms with Crippen LogP contribution in [0.5, 0.6) is 0 Å². The summed E-state index contributed by atoms with van der Waals surface area (Å²) in [5.74, 6) is 0. The van der Waals surface area contributed by atoms with Crippen LogP contribution in [0.2, 0.25) is 0 Å². The highest BCUT2D eigenvalue weighted by Gasteiger charge is 1.98. The first-order valence-electron chi connectivity index (χ1n) is 2.97. The van der Waals surface area contributed by atoms with E-state index in [0.717, 1.165) is 0 Å². The van der Waals surface area contributed by atoms with E-state index in [1.54, 1.807) is 0 Å². The van der Waals surface area contributed by atoms with Crippen molar-refractivity contribution in [1.29, 1.82) is 10.8 Å². The van der Waals surface area contributed by atoms with Crippen LogP contribution in [0.3, 0.4) is 0 Å². The van der Waals surface area contributed by atoms with E-state index in [0.29, 0.717) is 19.3 Å². The highest BCUT2D eigenvalue weighted by Crippen LogP contribution is 1.96. The van der Waals surface area contributed by atoms with Gasteiger partial charge in [0.05, 0.1) is 6.10 Å². The van der Waals surface area contributed by atoms with Gasteiger partial charge in [-0.1, -0.05) is 0 Å². The number of hydrogen-bond acceptors (Lipinski definition) is 3. The molecule has 0 aliphatic heterocycles. The molecule has 3 nitrogen and oxygen atoms in total. The van der Waals surface area contributed by atoms with Gasteiger partial charge in [0, 0.05) is 6.42 Å². The van der Waals surface area contributed by atoms with Crippen LogP contribution in [0.15, 0.2) is 0 Å². The van der Waals surface area contributed by atoms with E-state index in [9.17, 15) is 0 Å². The van der Waals surface area contributed by atoms with E-state index in [1.807, 2.05) is 0 Å². The van der Waals surface area contributed by atoms with Gasteiger partial charge in [0.25, 0.3) is 0 Å². The zero-order chi connectivity index (χ0) is 7.11. The lowest BCUT2D eigenvalue weighted by atomic mass is 10.1. The van der Waals surface area contributed by atoms with Gasteiger partial charge in [-0.25, -0.2) is 0 Å². The van der Waals surface area contributed by atoms with Gasteiger partial charge in [0.15, 0.2) is 0 Å². The molecule has 0 spiro atoms. The third kappa shape index (κ3) is 5.17. The molecule has 0 aliphatic rings. The van der Waals surface area contributed by atoms with Gasteiger partial charge in [0.2, 0.25) is 0 Å². The van der Waals surface area contributed by atoms with Crippen molar-refractivity contribution in [3.05, 3.63) is 0 Å². The molecule has 1 unspecified atom stereocenters. The zero-order valence-electron chi connectivity index (χ0n) is 5.30. The molecule has 0 heterocycles. The summed E-state index contributed by atoms with van der Waals surface area (Å²) in [7, 11) is 0. The van der Waals surface area contributed by atoms with Crippen LogP contribution in [-0.4, -0.2) is 23.6 Å². The van der Waals surface area contributed by atoms with Crippen LogP contribution in [0, 0.1) is 10.8 Å². The van der Waals surface area contributed by atoms with Crippen molar-refractivity contribution in [2.24, 2.45) is 0 Å². The van der Waals surface area contributed by atoms with Gasteiger partial charge in [-0.05, 0) is 25.3 Å². The van der Waals surface area contributed by atoms with Crippen LogP contribution < -0.4 is 0 Å². The fraction of sp³-hybridized carbons (Fsp3) is 0.667. The van der Waals surface area contributed by atoms with Crippen LogP contribution in [-0.2, 0) is 0 Å². The second-order valence-electron chi connectivity index (χ2n) is 1.88. The van der Waals surface area contributed by atoms with Crippen molar-refractivity contribution in [3.8, 4) is 0 Å². The molecule has 52 valence electrons. The predicted octanol–water partition coefficient (Wildman–Crippen LogP) is 0.817. The largest absolute Gasteiger partial charge is 0.393 e. The quantitative estimate of drug-likeness (QED) is 0.471. The monoisotopic (exact) mass is 128 g/mol. The maximum Gasteiger partial charge on any atom is 0.0592 e. The third-order valence-corrected chi connectivity index (χ3v) is 1.03. The summed E-state index contributed by atoms with van der Waals surface area (Å²) < 4.78 is 0. The van der Waals surface area contributed by atoms with Crippen LogP contribution in [0.4, 0.5) is 0 Å². The van der Waals surface area contributed by atoms with Gasteiger partial charge >= 0.3 is 0 Å². The number of aliphatic hydroxyl groups excluding tert-OH is 1. The van der Waals surface area contributed by atoms with Gasteiger partial charge in [-0.3, -0.25) is 0 Å². The lowest BCUT2D eigenvalue weighted by Crippen LogP contribution is -2.06. The highest BCUT2D eigenvalue weighted by molar-refractivity contribution is 5.55.